The predicted octanol–water partition coefficient (Wildman–Crippen LogP) is 3.49. The Bertz CT molecular complexity index is 464. The quantitative estimate of drug-likeness (QED) is 0.196. The molecule has 0 saturated carbocycles. The third kappa shape index (κ3) is 10.4. The van der Waals surface area contributed by atoms with Crippen LogP contribution in [0.1, 0.15) is 59.3 Å². The molecule has 0 aliphatic rings. The summed E-state index contributed by atoms with van der Waals surface area (Å²) in [5.41, 5.74) is 0. The van der Waals surface area contributed by atoms with Crippen LogP contribution in [0.5, 0.6) is 0 Å². The van der Waals surface area contributed by atoms with Crippen LogP contribution >= 0.6 is 0 Å². The molecule has 0 aliphatic carbocycles. The van der Waals surface area contributed by atoms with Gasteiger partial charge in [0.05, 0.1) is 26.2 Å². The highest BCUT2D eigenvalue weighted by molar-refractivity contribution is 5.70. The van der Waals surface area contributed by atoms with E-state index in [9.17, 15) is 29.7 Å². The number of carbonyl (C=O) groups is 3. The number of nitrogens with zero attached hydrogens (tertiary/aromatic N) is 1. The number of unbranched alkanes of at least 4 members (excludes halogenated alkanes) is 5. The van der Waals surface area contributed by atoms with Crippen LogP contribution in [-0.4, -0.2) is 63.9 Å². The molecule has 0 fully saturated rings. The summed E-state index contributed by atoms with van der Waals surface area (Å²) in [5.74, 6) is -4.85. The van der Waals surface area contributed by atoms with Gasteiger partial charge in [0.15, 0.2) is 0 Å². The molecule has 0 bridgehead atoms. The van der Waals surface area contributed by atoms with Crippen molar-refractivity contribution >= 4 is 17.9 Å². The van der Waals surface area contributed by atoms with Crippen LogP contribution in [0.2, 0.25) is 0 Å². The van der Waals surface area contributed by atoms with E-state index in [0.29, 0.717) is 6.54 Å². The Morgan fingerprint density at radius 2 is 1.11 bits per heavy atom. The first-order valence-corrected chi connectivity index (χ1v) is 10.2. The second-order valence-corrected chi connectivity index (χ2v) is 8.18. The Balaban J connectivity index is 5.30. The number of aliphatic carboxylic acids is 3. The lowest BCUT2D eigenvalue weighted by Gasteiger charge is -2.42. The van der Waals surface area contributed by atoms with E-state index >= 15 is 0 Å². The molecule has 0 amide bonds. The highest BCUT2D eigenvalue weighted by Crippen LogP contribution is 2.22. The molecule has 0 spiro atoms. The highest BCUT2D eigenvalue weighted by atomic mass is 16.4. The molecule has 0 aromatic carbocycles. The molecule has 0 saturated heterocycles. The van der Waals surface area contributed by atoms with Gasteiger partial charge in [0.25, 0.3) is 0 Å². The number of carboxylic acid groups (broad SMARTS) is 3. The van der Waals surface area contributed by atoms with Gasteiger partial charge >= 0.3 is 17.9 Å². The molecule has 0 heterocycles. The Morgan fingerprint density at radius 3 is 1.46 bits per heavy atom. The fourth-order valence-electron chi connectivity index (χ4n) is 3.74. The van der Waals surface area contributed by atoms with E-state index in [4.69, 9.17) is 0 Å². The second kappa shape index (κ2) is 13.3. The van der Waals surface area contributed by atoms with E-state index in [1.54, 1.807) is 20.8 Å². The molecular weight excluding hydrogens is 362 g/mol. The molecular formula is C21H38NO6+. The van der Waals surface area contributed by atoms with Crippen molar-refractivity contribution in [2.45, 2.75) is 59.3 Å². The van der Waals surface area contributed by atoms with Gasteiger partial charge < -0.3 is 19.8 Å². The number of hydrogen-bond acceptors (Lipinski definition) is 3. The average Bonchev–Trinajstić information content (AvgIpc) is 2.60. The van der Waals surface area contributed by atoms with Gasteiger partial charge in [-0.25, -0.2) is 0 Å². The van der Waals surface area contributed by atoms with Crippen molar-refractivity contribution in [3.05, 3.63) is 12.7 Å². The molecule has 0 radical (unpaired) electrons. The van der Waals surface area contributed by atoms with Gasteiger partial charge in [0.1, 0.15) is 17.8 Å². The highest BCUT2D eigenvalue weighted by Gasteiger charge is 2.38. The summed E-state index contributed by atoms with van der Waals surface area (Å²) in [4.78, 5) is 34.3. The first kappa shape index (κ1) is 26.1. The van der Waals surface area contributed by atoms with E-state index in [1.165, 1.54) is 0 Å². The molecule has 28 heavy (non-hydrogen) atoms. The largest absolute Gasteiger partial charge is 0.481 e. The summed E-state index contributed by atoms with van der Waals surface area (Å²) in [6, 6.07) is 0. The van der Waals surface area contributed by atoms with Crippen LogP contribution in [0, 0.1) is 17.8 Å². The summed E-state index contributed by atoms with van der Waals surface area (Å²) in [5, 5.41) is 28.1. The van der Waals surface area contributed by atoms with Gasteiger partial charge in [0, 0.05) is 0 Å². The van der Waals surface area contributed by atoms with Crippen LogP contribution < -0.4 is 0 Å². The zero-order valence-electron chi connectivity index (χ0n) is 17.6. The number of hydrogen-bond donors (Lipinski definition) is 3. The molecule has 0 rings (SSSR count). The van der Waals surface area contributed by atoms with Gasteiger partial charge in [-0.3, -0.25) is 14.4 Å². The minimum atomic E-state index is -0.946. The van der Waals surface area contributed by atoms with Crippen molar-refractivity contribution < 1.29 is 34.2 Å². The van der Waals surface area contributed by atoms with Crippen molar-refractivity contribution in [2.24, 2.45) is 17.8 Å². The smallest absolute Gasteiger partial charge is 0.311 e. The molecule has 162 valence electrons. The Labute approximate surface area is 168 Å². The lowest BCUT2D eigenvalue weighted by Crippen LogP contribution is -2.57. The zero-order chi connectivity index (χ0) is 21.7. The molecule has 0 aromatic rings. The first-order valence-electron chi connectivity index (χ1n) is 10.2. The summed E-state index contributed by atoms with van der Waals surface area (Å²) in [7, 11) is 0. The number of quaternary nitrogens is 1. The monoisotopic (exact) mass is 400 g/mol. The molecule has 7 heteroatoms. The maximum absolute atomic E-state index is 11.4. The van der Waals surface area contributed by atoms with Crippen molar-refractivity contribution in [3.8, 4) is 0 Å². The molecule has 3 unspecified atom stereocenters. The van der Waals surface area contributed by atoms with Crippen LogP contribution in [0.15, 0.2) is 12.7 Å². The standard InChI is InChI=1S/C21H37NO6/c1-5-6-7-8-9-10-11-12-22(13-16(2)19(23)24,14-17(3)20(25)26)15-18(4)21(27)28/h5,16-18H,1,6-15H2,2-4H3,(H2-,23,24,25,26,27,28)/p+1. The topological polar surface area (TPSA) is 112 Å². The normalized spacial score (nSPS) is 16.5. The maximum Gasteiger partial charge on any atom is 0.311 e. The van der Waals surface area contributed by atoms with E-state index in [2.05, 4.69) is 6.58 Å². The van der Waals surface area contributed by atoms with E-state index in [-0.39, 0.29) is 24.1 Å². The fraction of sp³-hybridized carbons (Fsp3) is 0.762. The van der Waals surface area contributed by atoms with E-state index in [1.807, 2.05) is 6.08 Å². The molecule has 0 aliphatic heterocycles. The first-order chi connectivity index (χ1) is 13.0. The van der Waals surface area contributed by atoms with Crippen molar-refractivity contribution in [1.29, 1.82) is 0 Å². The molecule has 3 N–H and O–H groups in total. The SMILES string of the molecule is C=CCCCCCCC[N+](CC(C)C(=O)O)(CC(C)C(=O)O)CC(C)C(=O)O. The van der Waals surface area contributed by atoms with Crippen LogP contribution in [0.3, 0.4) is 0 Å². The Hall–Kier alpha value is -1.89. The zero-order valence-corrected chi connectivity index (χ0v) is 17.6. The van der Waals surface area contributed by atoms with Gasteiger partial charge in [-0.2, -0.15) is 0 Å². The Morgan fingerprint density at radius 1 is 0.750 bits per heavy atom. The van der Waals surface area contributed by atoms with Crippen LogP contribution in [0.4, 0.5) is 0 Å². The summed E-state index contributed by atoms with van der Waals surface area (Å²) < 4.78 is 0.209. The van der Waals surface area contributed by atoms with Crippen LogP contribution in [-0.2, 0) is 14.4 Å². The minimum absolute atomic E-state index is 0.209. The van der Waals surface area contributed by atoms with E-state index < -0.39 is 35.7 Å². The van der Waals surface area contributed by atoms with Gasteiger partial charge in [-0.1, -0.05) is 18.9 Å². The lowest BCUT2D eigenvalue weighted by molar-refractivity contribution is -0.934. The Kier molecular flexibility index (Phi) is 12.4. The maximum atomic E-state index is 11.4. The third-order valence-electron chi connectivity index (χ3n) is 5.29. The molecule has 0 aromatic heterocycles. The van der Waals surface area contributed by atoms with Crippen molar-refractivity contribution in [3.63, 3.8) is 0 Å². The van der Waals surface area contributed by atoms with E-state index in [0.717, 1.165) is 38.5 Å². The van der Waals surface area contributed by atoms with Crippen molar-refractivity contribution in [2.75, 3.05) is 26.2 Å². The average molecular weight is 401 g/mol. The summed E-state index contributed by atoms with van der Waals surface area (Å²) >= 11 is 0. The summed E-state index contributed by atoms with van der Waals surface area (Å²) in [6.45, 7) is 9.80. The fourth-order valence-corrected chi connectivity index (χ4v) is 3.74. The molecule has 7 nitrogen and oxygen atoms in total. The van der Waals surface area contributed by atoms with Crippen LogP contribution in [0.25, 0.3) is 0 Å². The predicted molar refractivity (Wildman–Crippen MR) is 108 cm³/mol. The summed E-state index contributed by atoms with van der Waals surface area (Å²) in [6.07, 6.45) is 7.89. The third-order valence-corrected chi connectivity index (χ3v) is 5.29. The second-order valence-electron chi connectivity index (χ2n) is 8.18. The van der Waals surface area contributed by atoms with Gasteiger partial charge in [-0.15, -0.1) is 6.58 Å². The minimum Gasteiger partial charge on any atom is -0.481 e. The molecule has 3 atom stereocenters. The number of rotatable bonds is 17. The number of carboxylic acids is 3. The van der Waals surface area contributed by atoms with Gasteiger partial charge in [0.2, 0.25) is 0 Å². The van der Waals surface area contributed by atoms with Crippen molar-refractivity contribution in [1.82, 2.24) is 0 Å². The van der Waals surface area contributed by atoms with Gasteiger partial charge in [-0.05, 0) is 46.5 Å². The number of allylic oxidation sites excluding steroid dienone is 1. The lowest BCUT2D eigenvalue weighted by atomic mass is 10.0.